The maximum absolute atomic E-state index is 12.4. The van der Waals surface area contributed by atoms with Crippen LogP contribution in [0.3, 0.4) is 0 Å². The smallest absolute Gasteiger partial charge is 0.264 e. The van der Waals surface area contributed by atoms with Gasteiger partial charge < -0.3 is 0 Å². The zero-order chi connectivity index (χ0) is 17.3. The predicted molar refractivity (Wildman–Crippen MR) is 97.4 cm³/mol. The van der Waals surface area contributed by atoms with E-state index in [0.29, 0.717) is 22.7 Å². The molecule has 0 aromatic heterocycles. The van der Waals surface area contributed by atoms with Gasteiger partial charge in [0.2, 0.25) is 0 Å². The van der Waals surface area contributed by atoms with Crippen molar-refractivity contribution in [3.8, 4) is 0 Å². The molecule has 0 fully saturated rings. The summed E-state index contributed by atoms with van der Waals surface area (Å²) in [6.45, 7) is 3.78. The van der Waals surface area contributed by atoms with Crippen LogP contribution in [-0.2, 0) is 14.4 Å². The SMILES string of the molecule is Cc1ccccc1S(=O)(=O)O/N=C1\CC(C)Sc2ccc(Cl)cc21. The molecule has 1 heterocycles. The summed E-state index contributed by atoms with van der Waals surface area (Å²) in [5, 5.41) is 4.82. The highest BCUT2D eigenvalue weighted by atomic mass is 35.5. The first-order valence-electron chi connectivity index (χ1n) is 7.39. The molecule has 0 N–H and O–H groups in total. The van der Waals surface area contributed by atoms with Gasteiger partial charge in [-0.25, -0.2) is 0 Å². The van der Waals surface area contributed by atoms with Crippen LogP contribution in [-0.4, -0.2) is 19.4 Å². The summed E-state index contributed by atoms with van der Waals surface area (Å²) in [5.41, 5.74) is 2.04. The first kappa shape index (κ1) is 17.3. The number of hydrogen-bond donors (Lipinski definition) is 0. The Morgan fingerprint density at radius 1 is 1.25 bits per heavy atom. The molecule has 126 valence electrons. The van der Waals surface area contributed by atoms with E-state index in [4.69, 9.17) is 15.9 Å². The second kappa shape index (κ2) is 6.78. The average molecular weight is 382 g/mol. The van der Waals surface area contributed by atoms with Crippen molar-refractivity contribution in [1.82, 2.24) is 0 Å². The van der Waals surface area contributed by atoms with E-state index in [-0.39, 0.29) is 10.1 Å². The lowest BCUT2D eigenvalue weighted by Gasteiger charge is -2.22. The molecule has 3 rings (SSSR count). The number of aryl methyl sites for hydroxylation is 1. The molecule has 1 aliphatic rings. The molecule has 0 bridgehead atoms. The number of nitrogens with zero attached hydrogens (tertiary/aromatic N) is 1. The minimum absolute atomic E-state index is 0.124. The zero-order valence-corrected chi connectivity index (χ0v) is 15.6. The molecular weight excluding hydrogens is 366 g/mol. The summed E-state index contributed by atoms with van der Waals surface area (Å²) in [6, 6.07) is 12.2. The van der Waals surface area contributed by atoms with Crippen LogP contribution in [0.4, 0.5) is 0 Å². The van der Waals surface area contributed by atoms with Crippen LogP contribution < -0.4 is 0 Å². The minimum Gasteiger partial charge on any atom is -0.264 e. The van der Waals surface area contributed by atoms with Gasteiger partial charge in [-0.05, 0) is 36.8 Å². The highest BCUT2D eigenvalue weighted by Crippen LogP contribution is 2.36. The Labute approximate surface area is 151 Å². The van der Waals surface area contributed by atoms with Crippen molar-refractivity contribution in [1.29, 1.82) is 0 Å². The van der Waals surface area contributed by atoms with Crippen molar-refractivity contribution < 1.29 is 12.7 Å². The third kappa shape index (κ3) is 3.61. The summed E-state index contributed by atoms with van der Waals surface area (Å²) in [4.78, 5) is 1.15. The third-order valence-corrected chi connectivity index (χ3v) is 6.35. The normalized spacial score (nSPS) is 19.1. The van der Waals surface area contributed by atoms with Gasteiger partial charge in [-0.15, -0.1) is 11.8 Å². The van der Waals surface area contributed by atoms with Crippen LogP contribution >= 0.6 is 23.4 Å². The lowest BCUT2D eigenvalue weighted by Crippen LogP contribution is -2.17. The molecule has 0 radical (unpaired) electrons. The zero-order valence-electron chi connectivity index (χ0n) is 13.2. The van der Waals surface area contributed by atoms with Crippen LogP contribution in [0.2, 0.25) is 5.02 Å². The van der Waals surface area contributed by atoms with Gasteiger partial charge in [0.05, 0.1) is 5.71 Å². The van der Waals surface area contributed by atoms with Crippen molar-refractivity contribution in [3.63, 3.8) is 0 Å². The quantitative estimate of drug-likeness (QED) is 0.726. The van der Waals surface area contributed by atoms with E-state index < -0.39 is 10.1 Å². The van der Waals surface area contributed by atoms with Gasteiger partial charge in [-0.3, -0.25) is 4.28 Å². The highest BCUT2D eigenvalue weighted by Gasteiger charge is 2.24. The van der Waals surface area contributed by atoms with Crippen LogP contribution in [0.15, 0.2) is 57.4 Å². The topological polar surface area (TPSA) is 55.7 Å². The average Bonchev–Trinajstić information content (AvgIpc) is 2.53. The highest BCUT2D eigenvalue weighted by molar-refractivity contribution is 8.00. The molecule has 0 spiro atoms. The molecule has 1 atom stereocenters. The molecule has 0 aliphatic carbocycles. The molecule has 0 saturated heterocycles. The Bertz CT molecular complexity index is 910. The number of benzene rings is 2. The van der Waals surface area contributed by atoms with Crippen molar-refractivity contribution in [2.45, 2.75) is 35.3 Å². The van der Waals surface area contributed by atoms with Gasteiger partial charge in [0.25, 0.3) is 0 Å². The fourth-order valence-corrected chi connectivity index (χ4v) is 4.80. The van der Waals surface area contributed by atoms with E-state index in [2.05, 4.69) is 12.1 Å². The maximum atomic E-state index is 12.4. The Hall–Kier alpha value is -1.50. The van der Waals surface area contributed by atoms with Crippen LogP contribution in [0.1, 0.15) is 24.5 Å². The van der Waals surface area contributed by atoms with Crippen LogP contribution in [0, 0.1) is 6.92 Å². The Morgan fingerprint density at radius 2 is 2.00 bits per heavy atom. The number of oxime groups is 1. The van der Waals surface area contributed by atoms with Gasteiger partial charge in [0.15, 0.2) is 0 Å². The van der Waals surface area contributed by atoms with Crippen molar-refractivity contribution in [2.24, 2.45) is 5.16 Å². The standard InChI is InChI=1S/C17H16ClNO3S2/c1-11-5-3-4-6-17(11)24(20,21)22-19-15-9-12(2)23-16-8-7-13(18)10-14(15)16/h3-8,10,12H,9H2,1-2H3/b19-15+. The molecule has 2 aromatic carbocycles. The summed E-state index contributed by atoms with van der Waals surface area (Å²) < 4.78 is 29.8. The Balaban J connectivity index is 1.95. The minimum atomic E-state index is -3.95. The van der Waals surface area contributed by atoms with Crippen LogP contribution in [0.5, 0.6) is 0 Å². The molecule has 0 saturated carbocycles. The maximum Gasteiger partial charge on any atom is 0.358 e. The molecular formula is C17H16ClNO3S2. The third-order valence-electron chi connectivity index (χ3n) is 3.67. The van der Waals surface area contributed by atoms with E-state index >= 15 is 0 Å². The number of rotatable bonds is 3. The summed E-state index contributed by atoms with van der Waals surface area (Å²) in [5.74, 6) is 0. The van der Waals surface area contributed by atoms with Gasteiger partial charge in [0.1, 0.15) is 4.90 Å². The molecule has 1 aliphatic heterocycles. The second-order valence-corrected chi connectivity index (χ2v) is 9.02. The van der Waals surface area contributed by atoms with Crippen molar-refractivity contribution in [2.75, 3.05) is 0 Å². The number of hydrogen-bond acceptors (Lipinski definition) is 5. The number of halogens is 1. The Kier molecular flexibility index (Phi) is 4.90. The molecule has 7 heteroatoms. The van der Waals surface area contributed by atoms with E-state index in [1.165, 1.54) is 6.07 Å². The number of fused-ring (bicyclic) bond motifs is 1. The fourth-order valence-electron chi connectivity index (χ4n) is 2.53. The summed E-state index contributed by atoms with van der Waals surface area (Å²) >= 11 is 7.77. The van der Waals surface area contributed by atoms with E-state index in [9.17, 15) is 8.42 Å². The molecule has 24 heavy (non-hydrogen) atoms. The van der Waals surface area contributed by atoms with Crippen molar-refractivity contribution >= 4 is 39.2 Å². The molecule has 0 amide bonds. The van der Waals surface area contributed by atoms with Gasteiger partial charge in [-0.1, -0.05) is 41.9 Å². The van der Waals surface area contributed by atoms with Gasteiger partial charge in [0, 0.05) is 27.2 Å². The first-order valence-corrected chi connectivity index (χ1v) is 10.1. The molecule has 1 unspecified atom stereocenters. The van der Waals surface area contributed by atoms with E-state index in [0.717, 1.165) is 10.5 Å². The lowest BCUT2D eigenvalue weighted by molar-refractivity contribution is 0.337. The predicted octanol–water partition coefficient (Wildman–Crippen LogP) is 4.64. The largest absolute Gasteiger partial charge is 0.358 e. The molecule has 2 aromatic rings. The number of thioether (sulfide) groups is 1. The van der Waals surface area contributed by atoms with E-state index in [1.54, 1.807) is 43.0 Å². The second-order valence-electron chi connectivity index (χ2n) is 5.61. The Morgan fingerprint density at radius 3 is 2.75 bits per heavy atom. The summed E-state index contributed by atoms with van der Waals surface area (Å²) in [6.07, 6.45) is 0.612. The summed E-state index contributed by atoms with van der Waals surface area (Å²) in [7, 11) is -3.95. The molecule has 4 nitrogen and oxygen atoms in total. The fraction of sp³-hybridized carbons (Fsp3) is 0.235. The monoisotopic (exact) mass is 381 g/mol. The van der Waals surface area contributed by atoms with Gasteiger partial charge in [-0.2, -0.15) is 8.42 Å². The van der Waals surface area contributed by atoms with Crippen LogP contribution in [0.25, 0.3) is 0 Å². The van der Waals surface area contributed by atoms with E-state index in [1.807, 2.05) is 12.1 Å². The lowest BCUT2D eigenvalue weighted by atomic mass is 10.1. The van der Waals surface area contributed by atoms with Crippen molar-refractivity contribution in [3.05, 3.63) is 58.6 Å². The van der Waals surface area contributed by atoms with Gasteiger partial charge >= 0.3 is 10.1 Å². The first-order chi connectivity index (χ1) is 11.4.